The topological polar surface area (TPSA) is 93.0 Å². The molecule has 0 bridgehead atoms. The molecular formula is C17H14F3N5O2S. The average Bonchev–Trinajstić information content (AvgIpc) is 3.14. The van der Waals surface area contributed by atoms with Gasteiger partial charge in [0, 0.05) is 11.4 Å². The summed E-state index contributed by atoms with van der Waals surface area (Å²) in [6, 6.07) is 8.52. The molecule has 1 aromatic carbocycles. The van der Waals surface area contributed by atoms with Crippen molar-refractivity contribution in [3.05, 3.63) is 68.7 Å². The van der Waals surface area contributed by atoms with Gasteiger partial charge in [0.05, 0.1) is 16.2 Å². The molecule has 146 valence electrons. The third-order valence-corrected chi connectivity index (χ3v) is 4.67. The van der Waals surface area contributed by atoms with Gasteiger partial charge in [-0.2, -0.15) is 13.2 Å². The molecule has 0 saturated carbocycles. The first kappa shape index (κ1) is 19.5. The smallest absolute Gasteiger partial charge is 0.364 e. The summed E-state index contributed by atoms with van der Waals surface area (Å²) < 4.78 is 39.5. The average molecular weight is 409 g/mol. The van der Waals surface area contributed by atoms with Crippen LogP contribution >= 0.6 is 11.3 Å². The number of halogens is 3. The summed E-state index contributed by atoms with van der Waals surface area (Å²) in [5.41, 5.74) is -1.80. The number of hydrogen-bond donors (Lipinski definition) is 2. The van der Waals surface area contributed by atoms with Crippen LogP contribution in [-0.4, -0.2) is 21.4 Å². The number of anilines is 3. The Morgan fingerprint density at radius 2 is 1.86 bits per heavy atom. The molecule has 0 fully saturated rings. The maximum absolute atomic E-state index is 13.2. The largest absolute Gasteiger partial charge is 0.418 e. The maximum atomic E-state index is 13.2. The lowest BCUT2D eigenvalue weighted by atomic mass is 10.1. The van der Waals surface area contributed by atoms with Gasteiger partial charge in [0.1, 0.15) is 6.33 Å². The number of aromatic nitrogens is 2. The van der Waals surface area contributed by atoms with E-state index in [0.29, 0.717) is 13.0 Å². The van der Waals surface area contributed by atoms with Crippen LogP contribution in [0.1, 0.15) is 10.4 Å². The Morgan fingerprint density at radius 1 is 1.11 bits per heavy atom. The van der Waals surface area contributed by atoms with Crippen LogP contribution in [0.15, 0.2) is 48.1 Å². The van der Waals surface area contributed by atoms with Crippen molar-refractivity contribution in [2.24, 2.45) is 0 Å². The van der Waals surface area contributed by atoms with E-state index in [4.69, 9.17) is 0 Å². The van der Waals surface area contributed by atoms with E-state index in [2.05, 4.69) is 20.6 Å². The van der Waals surface area contributed by atoms with Crippen LogP contribution in [0, 0.1) is 10.1 Å². The maximum Gasteiger partial charge on any atom is 0.418 e. The zero-order valence-corrected chi connectivity index (χ0v) is 15.0. The van der Waals surface area contributed by atoms with Crippen molar-refractivity contribution in [3.8, 4) is 0 Å². The number of nitro groups is 1. The lowest BCUT2D eigenvalue weighted by Crippen LogP contribution is -2.12. The fourth-order valence-corrected chi connectivity index (χ4v) is 3.21. The van der Waals surface area contributed by atoms with Crippen molar-refractivity contribution in [2.75, 3.05) is 17.2 Å². The first-order valence-electron chi connectivity index (χ1n) is 8.05. The molecule has 0 atom stereocenters. The van der Waals surface area contributed by atoms with E-state index in [1.54, 1.807) is 11.3 Å². The highest BCUT2D eigenvalue weighted by molar-refractivity contribution is 7.09. The number of benzene rings is 1. The summed E-state index contributed by atoms with van der Waals surface area (Å²) in [4.78, 5) is 19.5. The van der Waals surface area contributed by atoms with Crippen molar-refractivity contribution < 1.29 is 18.1 Å². The molecule has 0 aliphatic carbocycles. The van der Waals surface area contributed by atoms with Crippen molar-refractivity contribution >= 4 is 34.3 Å². The Hall–Kier alpha value is -3.21. The minimum absolute atomic E-state index is 0.0662. The molecule has 11 heteroatoms. The van der Waals surface area contributed by atoms with Gasteiger partial charge in [-0.3, -0.25) is 10.1 Å². The van der Waals surface area contributed by atoms with Crippen LogP contribution in [-0.2, 0) is 12.6 Å². The zero-order chi connectivity index (χ0) is 20.1. The zero-order valence-electron chi connectivity index (χ0n) is 14.2. The Balaban J connectivity index is 1.87. The SMILES string of the molecule is O=[N+]([O-])c1c(NCCc2cccs2)ncnc1Nc1ccccc1C(F)(F)F. The second-order valence-corrected chi connectivity index (χ2v) is 6.63. The highest BCUT2D eigenvalue weighted by Crippen LogP contribution is 2.38. The summed E-state index contributed by atoms with van der Waals surface area (Å²) in [7, 11) is 0. The Bertz CT molecular complexity index is 964. The molecule has 0 spiro atoms. The van der Waals surface area contributed by atoms with Crippen molar-refractivity contribution in [2.45, 2.75) is 12.6 Å². The fourth-order valence-electron chi connectivity index (χ4n) is 2.50. The Morgan fingerprint density at radius 3 is 2.54 bits per heavy atom. The van der Waals surface area contributed by atoms with E-state index in [1.807, 2.05) is 17.5 Å². The second kappa shape index (κ2) is 8.21. The minimum atomic E-state index is -4.62. The first-order valence-corrected chi connectivity index (χ1v) is 8.93. The third kappa shape index (κ3) is 4.55. The predicted octanol–water partition coefficient (Wildman–Crippen LogP) is 4.86. The van der Waals surface area contributed by atoms with Gasteiger partial charge in [-0.1, -0.05) is 18.2 Å². The lowest BCUT2D eigenvalue weighted by molar-refractivity contribution is -0.383. The highest BCUT2D eigenvalue weighted by atomic mass is 32.1. The standard InChI is InChI=1S/C17H14F3N5O2S/c18-17(19,20)12-5-1-2-6-13(12)24-16-14(25(26)27)15(22-10-23-16)21-8-7-11-4-3-9-28-11/h1-6,9-10H,7-8H2,(H2,21,22,23,24). The molecule has 28 heavy (non-hydrogen) atoms. The van der Waals surface area contributed by atoms with Crippen molar-refractivity contribution in [1.82, 2.24) is 9.97 Å². The number of para-hydroxylation sites is 1. The molecule has 0 radical (unpaired) electrons. The molecule has 2 aromatic heterocycles. The molecule has 0 saturated heterocycles. The van der Waals surface area contributed by atoms with Crippen LogP contribution in [0.3, 0.4) is 0 Å². The molecule has 3 rings (SSSR count). The molecule has 2 heterocycles. The highest BCUT2D eigenvalue weighted by Gasteiger charge is 2.34. The molecule has 7 nitrogen and oxygen atoms in total. The van der Waals surface area contributed by atoms with Gasteiger partial charge in [-0.25, -0.2) is 9.97 Å². The van der Waals surface area contributed by atoms with E-state index in [1.165, 1.54) is 18.2 Å². The van der Waals surface area contributed by atoms with Gasteiger partial charge in [-0.15, -0.1) is 11.3 Å². The summed E-state index contributed by atoms with van der Waals surface area (Å²) in [5.74, 6) is -0.390. The first-order chi connectivity index (χ1) is 13.4. The quantitative estimate of drug-likeness (QED) is 0.427. The molecule has 0 aliphatic heterocycles. The van der Waals surface area contributed by atoms with Crippen LogP contribution in [0.2, 0.25) is 0 Å². The number of hydrogen-bond acceptors (Lipinski definition) is 7. The van der Waals surface area contributed by atoms with Crippen molar-refractivity contribution in [3.63, 3.8) is 0 Å². The number of alkyl halides is 3. The number of thiophene rings is 1. The van der Waals surface area contributed by atoms with Crippen LogP contribution < -0.4 is 10.6 Å². The third-order valence-electron chi connectivity index (χ3n) is 3.73. The van der Waals surface area contributed by atoms with Gasteiger partial charge in [0.15, 0.2) is 0 Å². The van der Waals surface area contributed by atoms with Crippen LogP contribution in [0.4, 0.5) is 36.2 Å². The van der Waals surface area contributed by atoms with E-state index < -0.39 is 22.4 Å². The summed E-state index contributed by atoms with van der Waals surface area (Å²) >= 11 is 1.55. The minimum Gasteiger partial charge on any atom is -0.364 e. The molecule has 3 aromatic rings. The molecule has 0 aliphatic rings. The second-order valence-electron chi connectivity index (χ2n) is 5.60. The van der Waals surface area contributed by atoms with Gasteiger partial charge in [0.25, 0.3) is 0 Å². The predicted molar refractivity (Wildman–Crippen MR) is 99.9 cm³/mol. The molecular weight excluding hydrogens is 395 g/mol. The van der Waals surface area contributed by atoms with Crippen LogP contribution in [0.25, 0.3) is 0 Å². The Labute approximate surface area is 161 Å². The van der Waals surface area contributed by atoms with Gasteiger partial charge >= 0.3 is 11.9 Å². The summed E-state index contributed by atoms with van der Waals surface area (Å²) in [6.07, 6.45) is -2.94. The van der Waals surface area contributed by atoms with Gasteiger partial charge in [-0.05, 0) is 30.0 Å². The monoisotopic (exact) mass is 409 g/mol. The van der Waals surface area contributed by atoms with Gasteiger partial charge < -0.3 is 10.6 Å². The fraction of sp³-hybridized carbons (Fsp3) is 0.176. The number of rotatable bonds is 7. The molecule has 0 unspecified atom stereocenters. The number of nitrogens with zero attached hydrogens (tertiary/aromatic N) is 3. The summed E-state index contributed by atoms with van der Waals surface area (Å²) in [5, 5.41) is 18.7. The normalized spacial score (nSPS) is 11.2. The van der Waals surface area contributed by atoms with E-state index >= 15 is 0 Å². The Kier molecular flexibility index (Phi) is 5.73. The van der Waals surface area contributed by atoms with E-state index in [-0.39, 0.29) is 17.3 Å². The molecule has 2 N–H and O–H groups in total. The number of nitrogens with one attached hydrogen (secondary N) is 2. The lowest BCUT2D eigenvalue weighted by Gasteiger charge is -2.14. The molecule has 0 amide bonds. The van der Waals surface area contributed by atoms with Crippen LogP contribution in [0.5, 0.6) is 0 Å². The van der Waals surface area contributed by atoms with E-state index in [0.717, 1.165) is 17.3 Å². The van der Waals surface area contributed by atoms with Crippen molar-refractivity contribution in [1.29, 1.82) is 0 Å². The van der Waals surface area contributed by atoms with E-state index in [9.17, 15) is 23.3 Å². The van der Waals surface area contributed by atoms with Gasteiger partial charge in [0.2, 0.25) is 11.6 Å². The summed E-state index contributed by atoms with van der Waals surface area (Å²) in [6.45, 7) is 0.372.